The van der Waals surface area contributed by atoms with Gasteiger partial charge in [-0.2, -0.15) is 0 Å². The highest BCUT2D eigenvalue weighted by atomic mass is 127. The molecule has 0 aliphatic heterocycles. The summed E-state index contributed by atoms with van der Waals surface area (Å²) in [7, 11) is 0. The normalized spacial score (nSPS) is 10.7. The summed E-state index contributed by atoms with van der Waals surface area (Å²) in [6.07, 6.45) is 0.879. The average Bonchev–Trinajstić information content (AvgIpc) is 2.38. The first kappa shape index (κ1) is 14.9. The molecule has 0 radical (unpaired) electrons. The molecular formula is C15H16I2N2. The third-order valence-electron chi connectivity index (χ3n) is 3.37. The van der Waals surface area contributed by atoms with Gasteiger partial charge >= 0.3 is 0 Å². The van der Waals surface area contributed by atoms with Crippen LogP contribution in [-0.4, -0.2) is 0 Å². The van der Waals surface area contributed by atoms with Crippen LogP contribution >= 0.6 is 45.2 Å². The number of nitrogens with two attached hydrogens (primary N) is 2. The van der Waals surface area contributed by atoms with Gasteiger partial charge < -0.3 is 11.5 Å². The lowest BCUT2D eigenvalue weighted by Crippen LogP contribution is -2.04. The van der Waals surface area contributed by atoms with Gasteiger partial charge in [0.2, 0.25) is 0 Å². The SMILES string of the molecule is Cc1ccc(N)c(I)c1Cc1c(C)ccc(N)c1I. The first-order valence-electron chi connectivity index (χ1n) is 5.98. The van der Waals surface area contributed by atoms with E-state index in [1.54, 1.807) is 0 Å². The molecule has 0 spiro atoms. The van der Waals surface area contributed by atoms with Crippen molar-refractivity contribution in [2.75, 3.05) is 11.5 Å². The Kier molecular flexibility index (Phi) is 4.60. The summed E-state index contributed by atoms with van der Waals surface area (Å²) < 4.78 is 2.30. The molecule has 0 amide bonds. The van der Waals surface area contributed by atoms with Crippen molar-refractivity contribution in [1.29, 1.82) is 0 Å². The maximum atomic E-state index is 6.02. The molecule has 100 valence electrons. The first-order valence-corrected chi connectivity index (χ1v) is 8.14. The lowest BCUT2D eigenvalue weighted by atomic mass is 9.96. The standard InChI is InChI=1S/C15H16I2N2/c1-8-3-5-12(18)14(16)10(8)7-11-9(2)4-6-13(19)15(11)17/h3-6H,7,18-19H2,1-2H3. The molecule has 0 heterocycles. The fourth-order valence-corrected chi connectivity index (χ4v) is 3.67. The molecule has 0 unspecified atom stereocenters. The molecule has 0 aromatic heterocycles. The number of aryl methyl sites for hydroxylation is 2. The van der Waals surface area contributed by atoms with Gasteiger partial charge in [-0.1, -0.05) is 12.1 Å². The smallest absolute Gasteiger partial charge is 0.0452 e. The molecule has 4 heteroatoms. The quantitative estimate of drug-likeness (QED) is 0.501. The second-order valence-corrected chi connectivity index (χ2v) is 6.86. The van der Waals surface area contributed by atoms with E-state index in [-0.39, 0.29) is 0 Å². The third kappa shape index (κ3) is 2.99. The Morgan fingerprint density at radius 2 is 1.16 bits per heavy atom. The molecule has 2 rings (SSSR count). The van der Waals surface area contributed by atoms with Crippen molar-refractivity contribution < 1.29 is 0 Å². The van der Waals surface area contributed by atoms with E-state index in [4.69, 9.17) is 11.5 Å². The number of hydrogen-bond donors (Lipinski definition) is 2. The van der Waals surface area contributed by atoms with E-state index in [9.17, 15) is 0 Å². The van der Waals surface area contributed by atoms with Gasteiger partial charge in [-0.3, -0.25) is 0 Å². The lowest BCUT2D eigenvalue weighted by Gasteiger charge is -2.15. The minimum absolute atomic E-state index is 0.845. The van der Waals surface area contributed by atoms with Gasteiger partial charge in [0.05, 0.1) is 0 Å². The van der Waals surface area contributed by atoms with Gasteiger partial charge in [-0.25, -0.2) is 0 Å². The highest BCUT2D eigenvalue weighted by Crippen LogP contribution is 2.30. The summed E-state index contributed by atoms with van der Waals surface area (Å²) in [5.41, 5.74) is 18.9. The van der Waals surface area contributed by atoms with E-state index in [0.29, 0.717) is 0 Å². The van der Waals surface area contributed by atoms with Gasteiger partial charge in [0.25, 0.3) is 0 Å². The summed E-state index contributed by atoms with van der Waals surface area (Å²) in [5.74, 6) is 0. The van der Waals surface area contributed by atoms with Crippen molar-refractivity contribution in [2.24, 2.45) is 0 Å². The van der Waals surface area contributed by atoms with Gasteiger partial charge in [0.15, 0.2) is 0 Å². The van der Waals surface area contributed by atoms with E-state index in [0.717, 1.165) is 24.9 Å². The Hall–Kier alpha value is -0.500. The maximum absolute atomic E-state index is 6.02. The van der Waals surface area contributed by atoms with Crippen LogP contribution in [0.25, 0.3) is 0 Å². The van der Waals surface area contributed by atoms with Crippen molar-refractivity contribution in [2.45, 2.75) is 20.3 Å². The minimum Gasteiger partial charge on any atom is -0.398 e. The molecule has 0 saturated carbocycles. The van der Waals surface area contributed by atoms with Gasteiger partial charge in [-0.05, 0) is 93.4 Å². The Labute approximate surface area is 141 Å². The van der Waals surface area contributed by atoms with E-state index in [2.05, 4.69) is 71.2 Å². The van der Waals surface area contributed by atoms with E-state index < -0.39 is 0 Å². The summed E-state index contributed by atoms with van der Waals surface area (Å²) in [4.78, 5) is 0. The van der Waals surface area contributed by atoms with Crippen LogP contribution in [0.2, 0.25) is 0 Å². The van der Waals surface area contributed by atoms with Crippen molar-refractivity contribution in [3.05, 3.63) is 53.7 Å². The zero-order valence-corrected chi connectivity index (χ0v) is 15.2. The monoisotopic (exact) mass is 478 g/mol. The summed E-state index contributed by atoms with van der Waals surface area (Å²) in [5, 5.41) is 0. The maximum Gasteiger partial charge on any atom is 0.0452 e. The summed E-state index contributed by atoms with van der Waals surface area (Å²) >= 11 is 4.66. The van der Waals surface area contributed by atoms with Gasteiger partial charge in [0, 0.05) is 24.9 Å². The van der Waals surface area contributed by atoms with Crippen molar-refractivity contribution in [1.82, 2.24) is 0 Å². The molecular weight excluding hydrogens is 462 g/mol. The number of nitrogen functional groups attached to an aromatic ring is 2. The van der Waals surface area contributed by atoms with Gasteiger partial charge in [-0.15, -0.1) is 0 Å². The van der Waals surface area contributed by atoms with Crippen LogP contribution < -0.4 is 11.5 Å². The molecule has 2 nitrogen and oxygen atoms in total. The van der Waals surface area contributed by atoms with Crippen LogP contribution in [0.1, 0.15) is 22.3 Å². The Morgan fingerprint density at radius 3 is 1.53 bits per heavy atom. The van der Waals surface area contributed by atoms with Crippen LogP contribution in [-0.2, 0) is 6.42 Å². The molecule has 0 aliphatic carbocycles. The fraction of sp³-hybridized carbons (Fsp3) is 0.200. The second kappa shape index (κ2) is 5.87. The Morgan fingerprint density at radius 1 is 0.789 bits per heavy atom. The molecule has 4 N–H and O–H groups in total. The van der Waals surface area contributed by atoms with E-state index in [1.165, 1.54) is 22.3 Å². The number of halogens is 2. The lowest BCUT2D eigenvalue weighted by molar-refractivity contribution is 1.11. The average molecular weight is 478 g/mol. The number of anilines is 2. The molecule has 0 aliphatic rings. The summed E-state index contributed by atoms with van der Waals surface area (Å²) in [6.45, 7) is 4.26. The number of benzene rings is 2. The first-order chi connectivity index (χ1) is 8.91. The number of hydrogen-bond acceptors (Lipinski definition) is 2. The predicted molar refractivity (Wildman–Crippen MR) is 99.4 cm³/mol. The zero-order valence-electron chi connectivity index (χ0n) is 10.9. The van der Waals surface area contributed by atoms with Crippen molar-refractivity contribution in [3.8, 4) is 0 Å². The molecule has 0 bridgehead atoms. The van der Waals surface area contributed by atoms with Crippen molar-refractivity contribution in [3.63, 3.8) is 0 Å². The summed E-state index contributed by atoms with van der Waals surface area (Å²) in [6, 6.07) is 8.11. The Balaban J connectivity index is 2.54. The molecule has 2 aromatic rings. The highest BCUT2D eigenvalue weighted by Gasteiger charge is 2.13. The number of rotatable bonds is 2. The van der Waals surface area contributed by atoms with Crippen molar-refractivity contribution >= 4 is 56.6 Å². The van der Waals surface area contributed by atoms with Crippen LogP contribution in [0.5, 0.6) is 0 Å². The minimum atomic E-state index is 0.845. The Bertz CT molecular complexity index is 581. The fourth-order valence-electron chi connectivity index (χ4n) is 2.08. The predicted octanol–water partition coefficient (Wildman–Crippen LogP) is 4.27. The molecule has 19 heavy (non-hydrogen) atoms. The van der Waals surface area contributed by atoms with E-state index >= 15 is 0 Å². The van der Waals surface area contributed by atoms with Crippen LogP contribution in [0.4, 0.5) is 11.4 Å². The zero-order chi connectivity index (χ0) is 14.2. The molecule has 2 aromatic carbocycles. The van der Waals surface area contributed by atoms with Crippen LogP contribution in [0, 0.1) is 21.0 Å². The topological polar surface area (TPSA) is 52.0 Å². The molecule has 0 saturated heterocycles. The van der Waals surface area contributed by atoms with E-state index in [1.807, 2.05) is 12.1 Å². The molecule has 0 atom stereocenters. The third-order valence-corrected chi connectivity index (χ3v) is 5.92. The van der Waals surface area contributed by atoms with Crippen LogP contribution in [0.3, 0.4) is 0 Å². The van der Waals surface area contributed by atoms with Gasteiger partial charge in [0.1, 0.15) is 0 Å². The molecule has 0 fully saturated rings. The second-order valence-electron chi connectivity index (χ2n) is 4.71. The highest BCUT2D eigenvalue weighted by molar-refractivity contribution is 14.1. The van der Waals surface area contributed by atoms with Crippen LogP contribution in [0.15, 0.2) is 24.3 Å². The largest absolute Gasteiger partial charge is 0.398 e.